The van der Waals surface area contributed by atoms with Crippen molar-refractivity contribution >= 4 is 41.0 Å². The SMILES string of the molecule is C=CCOC(=O)c1cccc(NC(=O)NCC(=O)N(CC(=O)OC(C)(C)C)c2ccccc2C(=O)c2ccccc2)c1. The molecule has 0 unspecified atom stereocenters. The molecule has 0 aromatic heterocycles. The van der Waals surface area contributed by atoms with Gasteiger partial charge in [0, 0.05) is 16.8 Å². The largest absolute Gasteiger partial charge is 0.459 e. The Morgan fingerprint density at radius 2 is 1.55 bits per heavy atom. The molecule has 0 bridgehead atoms. The zero-order valence-corrected chi connectivity index (χ0v) is 23.7. The molecule has 0 heterocycles. The Balaban J connectivity index is 1.79. The Labute approximate surface area is 244 Å². The molecule has 3 aromatic rings. The van der Waals surface area contributed by atoms with Crippen LogP contribution in [0.15, 0.2) is 91.5 Å². The highest BCUT2D eigenvalue weighted by molar-refractivity contribution is 6.15. The number of hydrogen-bond donors (Lipinski definition) is 2. The quantitative estimate of drug-likeness (QED) is 0.193. The van der Waals surface area contributed by atoms with Gasteiger partial charge in [-0.05, 0) is 51.1 Å². The number of rotatable bonds is 11. The summed E-state index contributed by atoms with van der Waals surface area (Å²) < 4.78 is 10.4. The lowest BCUT2D eigenvalue weighted by molar-refractivity contribution is -0.153. The van der Waals surface area contributed by atoms with E-state index in [-0.39, 0.29) is 34.9 Å². The van der Waals surface area contributed by atoms with Crippen molar-refractivity contribution in [2.75, 3.05) is 29.9 Å². The molecule has 10 heteroatoms. The van der Waals surface area contributed by atoms with Crippen LogP contribution in [0.1, 0.15) is 47.1 Å². The third-order valence-corrected chi connectivity index (χ3v) is 5.57. The highest BCUT2D eigenvalue weighted by atomic mass is 16.6. The summed E-state index contributed by atoms with van der Waals surface area (Å²) in [4.78, 5) is 65.4. The summed E-state index contributed by atoms with van der Waals surface area (Å²) in [5.74, 6) is -2.28. The zero-order valence-electron chi connectivity index (χ0n) is 23.7. The first-order chi connectivity index (χ1) is 20.0. The van der Waals surface area contributed by atoms with E-state index in [1.165, 1.54) is 18.2 Å². The van der Waals surface area contributed by atoms with Crippen LogP contribution in [0, 0.1) is 0 Å². The second-order valence-electron chi connectivity index (χ2n) is 10.1. The van der Waals surface area contributed by atoms with E-state index in [0.29, 0.717) is 5.56 Å². The standard InChI is InChI=1S/C32H33N3O7/c1-5-18-41-30(39)23-14-11-15-24(19-23)34-31(40)33-20-27(36)35(21-28(37)42-32(2,3)4)26-17-10-9-16-25(26)29(38)22-12-7-6-8-13-22/h5-17,19H,1,18,20-21H2,2-4H3,(H2,33,34,40). The van der Waals surface area contributed by atoms with E-state index < -0.39 is 42.6 Å². The Kier molecular flexibility index (Phi) is 10.7. The number of urea groups is 1. The molecule has 0 spiro atoms. The lowest BCUT2D eigenvalue weighted by atomic mass is 10.0. The molecule has 3 amide bonds. The molecular weight excluding hydrogens is 538 g/mol. The average molecular weight is 572 g/mol. The van der Waals surface area contributed by atoms with Crippen LogP contribution in [0.4, 0.5) is 16.2 Å². The predicted octanol–water partition coefficient (Wildman–Crippen LogP) is 4.76. The van der Waals surface area contributed by atoms with Gasteiger partial charge in [-0.2, -0.15) is 0 Å². The van der Waals surface area contributed by atoms with Crippen molar-refractivity contribution in [3.05, 3.63) is 108 Å². The summed E-state index contributed by atoms with van der Waals surface area (Å²) >= 11 is 0. The second kappa shape index (κ2) is 14.4. The van der Waals surface area contributed by atoms with Crippen LogP contribution in [0.2, 0.25) is 0 Å². The fraction of sp³-hybridized carbons (Fsp3) is 0.219. The molecule has 0 aliphatic rings. The van der Waals surface area contributed by atoms with Crippen molar-refractivity contribution in [1.29, 1.82) is 0 Å². The number of hydrogen-bond acceptors (Lipinski definition) is 7. The number of nitrogens with one attached hydrogen (secondary N) is 2. The number of ether oxygens (including phenoxy) is 2. The Hall–Kier alpha value is -5.25. The molecule has 0 fully saturated rings. The summed E-state index contributed by atoms with van der Waals surface area (Å²) in [6.07, 6.45) is 1.44. The lowest BCUT2D eigenvalue weighted by Crippen LogP contribution is -2.45. The molecule has 3 aromatic carbocycles. The van der Waals surface area contributed by atoms with E-state index in [0.717, 1.165) is 4.90 Å². The summed E-state index contributed by atoms with van der Waals surface area (Å²) in [5.41, 5.74) is 0.491. The first-order valence-electron chi connectivity index (χ1n) is 13.1. The average Bonchev–Trinajstić information content (AvgIpc) is 2.96. The third kappa shape index (κ3) is 9.16. The summed E-state index contributed by atoms with van der Waals surface area (Å²) in [6.45, 7) is 7.62. The first kappa shape index (κ1) is 31.3. The van der Waals surface area contributed by atoms with Gasteiger partial charge in [-0.3, -0.25) is 19.3 Å². The molecule has 0 saturated heterocycles. The molecule has 2 N–H and O–H groups in total. The zero-order chi connectivity index (χ0) is 30.7. The molecule has 0 saturated carbocycles. The van der Waals surface area contributed by atoms with Gasteiger partial charge in [-0.15, -0.1) is 0 Å². The van der Waals surface area contributed by atoms with E-state index in [9.17, 15) is 24.0 Å². The van der Waals surface area contributed by atoms with Crippen molar-refractivity contribution < 1.29 is 33.4 Å². The summed E-state index contributed by atoms with van der Waals surface area (Å²) in [6, 6.07) is 20.3. The van der Waals surface area contributed by atoms with Gasteiger partial charge in [-0.25, -0.2) is 9.59 Å². The van der Waals surface area contributed by atoms with Crippen LogP contribution in [-0.2, 0) is 19.1 Å². The van der Waals surface area contributed by atoms with Crippen molar-refractivity contribution in [2.24, 2.45) is 0 Å². The first-order valence-corrected chi connectivity index (χ1v) is 13.1. The number of ketones is 1. The van der Waals surface area contributed by atoms with Crippen LogP contribution in [0.25, 0.3) is 0 Å². The number of carbonyl (C=O) groups is 5. The maximum atomic E-state index is 13.5. The number of amides is 3. The topological polar surface area (TPSA) is 131 Å². The molecule has 218 valence electrons. The molecule has 0 aliphatic carbocycles. The molecule has 10 nitrogen and oxygen atoms in total. The van der Waals surface area contributed by atoms with Gasteiger partial charge in [-0.1, -0.05) is 61.2 Å². The number of nitrogens with zero attached hydrogens (tertiary/aromatic N) is 1. The molecular formula is C32H33N3O7. The minimum absolute atomic E-state index is 0.0406. The maximum Gasteiger partial charge on any atom is 0.338 e. The van der Waals surface area contributed by atoms with E-state index in [4.69, 9.17) is 9.47 Å². The van der Waals surface area contributed by atoms with E-state index in [1.54, 1.807) is 87.5 Å². The number of carbonyl (C=O) groups excluding carboxylic acids is 5. The van der Waals surface area contributed by atoms with Crippen molar-refractivity contribution in [3.63, 3.8) is 0 Å². The van der Waals surface area contributed by atoms with Gasteiger partial charge < -0.3 is 20.1 Å². The Bertz CT molecular complexity index is 1460. The van der Waals surface area contributed by atoms with Gasteiger partial charge in [0.2, 0.25) is 5.91 Å². The van der Waals surface area contributed by atoms with E-state index >= 15 is 0 Å². The molecule has 42 heavy (non-hydrogen) atoms. The minimum atomic E-state index is -0.810. The maximum absolute atomic E-state index is 13.5. The van der Waals surface area contributed by atoms with Crippen LogP contribution < -0.4 is 15.5 Å². The number of anilines is 2. The number of para-hydroxylation sites is 1. The van der Waals surface area contributed by atoms with Crippen LogP contribution >= 0.6 is 0 Å². The Morgan fingerprint density at radius 1 is 0.881 bits per heavy atom. The lowest BCUT2D eigenvalue weighted by Gasteiger charge is -2.27. The van der Waals surface area contributed by atoms with Gasteiger partial charge in [0.05, 0.1) is 17.8 Å². The minimum Gasteiger partial charge on any atom is -0.459 e. The smallest absolute Gasteiger partial charge is 0.338 e. The number of esters is 2. The highest BCUT2D eigenvalue weighted by Gasteiger charge is 2.27. The molecule has 0 radical (unpaired) electrons. The fourth-order valence-electron chi connectivity index (χ4n) is 3.83. The highest BCUT2D eigenvalue weighted by Crippen LogP contribution is 2.24. The normalized spacial score (nSPS) is 10.6. The third-order valence-electron chi connectivity index (χ3n) is 5.57. The van der Waals surface area contributed by atoms with Gasteiger partial charge >= 0.3 is 18.0 Å². The number of benzene rings is 3. The van der Waals surface area contributed by atoms with Crippen LogP contribution in [-0.4, -0.2) is 55.0 Å². The van der Waals surface area contributed by atoms with Crippen LogP contribution in [0.5, 0.6) is 0 Å². The van der Waals surface area contributed by atoms with Crippen LogP contribution in [0.3, 0.4) is 0 Å². The second-order valence-corrected chi connectivity index (χ2v) is 10.1. The van der Waals surface area contributed by atoms with E-state index in [2.05, 4.69) is 17.2 Å². The van der Waals surface area contributed by atoms with Gasteiger partial charge in [0.25, 0.3) is 0 Å². The van der Waals surface area contributed by atoms with Gasteiger partial charge in [0.15, 0.2) is 5.78 Å². The van der Waals surface area contributed by atoms with Gasteiger partial charge in [0.1, 0.15) is 18.8 Å². The summed E-state index contributed by atoms with van der Waals surface area (Å²) in [5, 5.41) is 5.01. The monoisotopic (exact) mass is 571 g/mol. The fourth-order valence-corrected chi connectivity index (χ4v) is 3.83. The van der Waals surface area contributed by atoms with Crippen molar-refractivity contribution in [3.8, 4) is 0 Å². The molecule has 0 atom stereocenters. The van der Waals surface area contributed by atoms with E-state index in [1.807, 2.05) is 0 Å². The van der Waals surface area contributed by atoms with Crippen molar-refractivity contribution in [1.82, 2.24) is 5.32 Å². The molecule has 3 rings (SSSR count). The van der Waals surface area contributed by atoms with Crippen molar-refractivity contribution in [2.45, 2.75) is 26.4 Å². The summed E-state index contributed by atoms with van der Waals surface area (Å²) in [7, 11) is 0. The molecule has 0 aliphatic heterocycles. The predicted molar refractivity (Wildman–Crippen MR) is 158 cm³/mol. The Morgan fingerprint density at radius 3 is 2.24 bits per heavy atom.